The quantitative estimate of drug-likeness (QED) is 0.371. The van der Waals surface area contributed by atoms with Crippen molar-refractivity contribution in [1.29, 1.82) is 0 Å². The summed E-state index contributed by atoms with van der Waals surface area (Å²) in [4.78, 5) is 12.2. The lowest BCUT2D eigenvalue weighted by Gasteiger charge is -2.14. The van der Waals surface area contributed by atoms with Crippen LogP contribution in [-0.4, -0.2) is 17.7 Å². The number of halogens is 3. The van der Waals surface area contributed by atoms with Crippen LogP contribution in [0.3, 0.4) is 0 Å². The molecule has 1 unspecified atom stereocenters. The molecule has 166 valence electrons. The highest BCUT2D eigenvalue weighted by atomic mass is 19.4. The van der Waals surface area contributed by atoms with Crippen molar-refractivity contribution < 1.29 is 27.4 Å². The fourth-order valence-electron chi connectivity index (χ4n) is 2.67. The summed E-state index contributed by atoms with van der Waals surface area (Å²) in [7, 11) is 0. The molecule has 32 heavy (non-hydrogen) atoms. The molecule has 3 rings (SSSR count). The van der Waals surface area contributed by atoms with Crippen LogP contribution in [0.4, 0.5) is 13.2 Å². The van der Waals surface area contributed by atoms with E-state index in [0.29, 0.717) is 17.2 Å². The molecule has 0 heterocycles. The zero-order valence-electron chi connectivity index (χ0n) is 17.4. The largest absolute Gasteiger partial charge is 0.481 e. The molecule has 0 aliphatic carbocycles. The van der Waals surface area contributed by atoms with Crippen LogP contribution in [0.1, 0.15) is 25.0 Å². The van der Waals surface area contributed by atoms with E-state index >= 15 is 0 Å². The van der Waals surface area contributed by atoms with E-state index in [2.05, 4.69) is 10.5 Å². The van der Waals surface area contributed by atoms with E-state index in [9.17, 15) is 18.0 Å². The molecule has 0 spiro atoms. The highest BCUT2D eigenvalue weighted by Gasteiger charge is 2.30. The molecule has 3 aromatic carbocycles. The van der Waals surface area contributed by atoms with Gasteiger partial charge in [-0.2, -0.15) is 18.3 Å². The minimum absolute atomic E-state index is 0.270. The van der Waals surface area contributed by atoms with E-state index in [1.54, 1.807) is 38.1 Å². The maximum atomic E-state index is 12.6. The van der Waals surface area contributed by atoms with Crippen LogP contribution in [0.5, 0.6) is 17.2 Å². The van der Waals surface area contributed by atoms with Crippen molar-refractivity contribution in [2.45, 2.75) is 26.1 Å². The second kappa shape index (κ2) is 10.00. The van der Waals surface area contributed by atoms with Crippen LogP contribution in [0, 0.1) is 0 Å². The molecule has 0 bridgehead atoms. The second-order valence-corrected chi connectivity index (χ2v) is 6.89. The number of hydrazone groups is 1. The number of nitrogens with zero attached hydrogens (tertiary/aromatic N) is 1. The predicted molar refractivity (Wildman–Crippen MR) is 115 cm³/mol. The summed E-state index contributed by atoms with van der Waals surface area (Å²) < 4.78 is 49.0. The SMILES string of the molecule is CC(=NNC(=O)C(C)Oc1ccc(Oc2ccc(C(F)(F)F)cc2)cc1)c1ccccc1. The number of benzene rings is 3. The van der Waals surface area contributed by atoms with Gasteiger partial charge < -0.3 is 9.47 Å². The van der Waals surface area contributed by atoms with Crippen molar-refractivity contribution in [2.24, 2.45) is 5.10 Å². The molecule has 8 heteroatoms. The number of rotatable bonds is 7. The summed E-state index contributed by atoms with van der Waals surface area (Å²) in [5.74, 6) is 0.699. The predicted octanol–water partition coefficient (Wildman–Crippen LogP) is 5.81. The van der Waals surface area contributed by atoms with Gasteiger partial charge in [-0.15, -0.1) is 0 Å². The van der Waals surface area contributed by atoms with Gasteiger partial charge in [0.25, 0.3) is 5.91 Å². The van der Waals surface area contributed by atoms with Crippen molar-refractivity contribution in [3.05, 3.63) is 90.0 Å². The highest BCUT2D eigenvalue weighted by molar-refractivity contribution is 5.99. The maximum absolute atomic E-state index is 12.6. The smallest absolute Gasteiger partial charge is 0.416 e. The van der Waals surface area contributed by atoms with Crippen molar-refractivity contribution in [3.63, 3.8) is 0 Å². The lowest BCUT2D eigenvalue weighted by molar-refractivity contribution is -0.137. The summed E-state index contributed by atoms with van der Waals surface area (Å²) >= 11 is 0. The molecule has 3 aromatic rings. The van der Waals surface area contributed by atoms with E-state index in [1.807, 2.05) is 30.3 Å². The average Bonchev–Trinajstić information content (AvgIpc) is 2.79. The number of carbonyl (C=O) groups excluding carboxylic acids is 1. The molecule has 5 nitrogen and oxygen atoms in total. The molecule has 0 radical (unpaired) electrons. The molecule has 1 atom stereocenters. The van der Waals surface area contributed by atoms with Gasteiger partial charge in [0.2, 0.25) is 0 Å². The first kappa shape index (κ1) is 22.9. The van der Waals surface area contributed by atoms with Crippen molar-refractivity contribution in [3.8, 4) is 17.2 Å². The number of carbonyl (C=O) groups is 1. The Kier molecular flexibility index (Phi) is 7.14. The Morgan fingerprint density at radius 1 is 0.875 bits per heavy atom. The van der Waals surface area contributed by atoms with Crippen LogP contribution in [-0.2, 0) is 11.0 Å². The van der Waals surface area contributed by atoms with Crippen molar-refractivity contribution in [1.82, 2.24) is 5.43 Å². The van der Waals surface area contributed by atoms with Gasteiger partial charge in [0.05, 0.1) is 11.3 Å². The molecule has 1 N–H and O–H groups in total. The number of nitrogens with one attached hydrogen (secondary N) is 1. The number of hydrogen-bond donors (Lipinski definition) is 1. The molecule has 0 saturated carbocycles. The molecule has 0 aliphatic rings. The van der Waals surface area contributed by atoms with Crippen molar-refractivity contribution >= 4 is 11.6 Å². The normalized spacial score (nSPS) is 12.7. The number of amides is 1. The highest BCUT2D eigenvalue weighted by Crippen LogP contribution is 2.31. The Morgan fingerprint density at radius 3 is 1.97 bits per heavy atom. The van der Waals surface area contributed by atoms with Crippen molar-refractivity contribution in [2.75, 3.05) is 0 Å². The van der Waals surface area contributed by atoms with Crippen LogP contribution in [0.25, 0.3) is 0 Å². The van der Waals surface area contributed by atoms with Gasteiger partial charge in [0.1, 0.15) is 17.2 Å². The zero-order chi connectivity index (χ0) is 23.1. The third-order valence-electron chi connectivity index (χ3n) is 4.45. The third kappa shape index (κ3) is 6.34. The Balaban J connectivity index is 1.54. The fourth-order valence-corrected chi connectivity index (χ4v) is 2.67. The topological polar surface area (TPSA) is 59.9 Å². The fraction of sp³-hybridized carbons (Fsp3) is 0.167. The summed E-state index contributed by atoms with van der Waals surface area (Å²) in [6.07, 6.45) is -5.20. The standard InChI is InChI=1S/C24H21F3N2O3/c1-16(18-6-4-3-5-7-18)28-29-23(30)17(2)31-20-12-14-22(15-13-20)32-21-10-8-19(9-11-21)24(25,26)27/h3-15,17H,1-2H3,(H,29,30). The average molecular weight is 442 g/mol. The minimum atomic E-state index is -4.40. The van der Waals surface area contributed by atoms with E-state index < -0.39 is 23.8 Å². The first-order valence-corrected chi connectivity index (χ1v) is 9.74. The summed E-state index contributed by atoms with van der Waals surface area (Å²) in [6.45, 7) is 3.38. The van der Waals surface area contributed by atoms with Crippen LogP contribution in [0.15, 0.2) is 84.0 Å². The van der Waals surface area contributed by atoms with Crippen LogP contribution < -0.4 is 14.9 Å². The van der Waals surface area contributed by atoms with Gasteiger partial charge in [-0.25, -0.2) is 5.43 Å². The van der Waals surface area contributed by atoms with Gasteiger partial charge in [-0.3, -0.25) is 4.79 Å². The molecule has 1 amide bonds. The Bertz CT molecular complexity index is 1060. The van der Waals surface area contributed by atoms with E-state index in [1.165, 1.54) is 12.1 Å². The summed E-state index contributed by atoms with van der Waals surface area (Å²) in [6, 6.07) is 20.2. The molecule has 0 aliphatic heterocycles. The molecular formula is C24H21F3N2O3. The van der Waals surface area contributed by atoms with E-state index in [4.69, 9.17) is 9.47 Å². The lowest BCUT2D eigenvalue weighted by atomic mass is 10.1. The van der Waals surface area contributed by atoms with Gasteiger partial charge in [-0.05, 0) is 67.9 Å². The Morgan fingerprint density at radius 2 is 1.41 bits per heavy atom. The maximum Gasteiger partial charge on any atom is 0.416 e. The monoisotopic (exact) mass is 442 g/mol. The minimum Gasteiger partial charge on any atom is -0.481 e. The first-order chi connectivity index (χ1) is 15.2. The Labute approximate surface area is 183 Å². The van der Waals surface area contributed by atoms with E-state index in [-0.39, 0.29) is 5.75 Å². The molecular weight excluding hydrogens is 421 g/mol. The molecule has 0 fully saturated rings. The molecule has 0 saturated heterocycles. The number of alkyl halides is 3. The summed E-state index contributed by atoms with van der Waals surface area (Å²) in [5, 5.41) is 4.09. The van der Waals surface area contributed by atoms with Crippen LogP contribution in [0.2, 0.25) is 0 Å². The zero-order valence-corrected chi connectivity index (χ0v) is 17.4. The Hall–Kier alpha value is -3.81. The van der Waals surface area contributed by atoms with Gasteiger partial charge in [-0.1, -0.05) is 30.3 Å². The van der Waals surface area contributed by atoms with Gasteiger partial charge in [0.15, 0.2) is 6.10 Å². The lowest BCUT2D eigenvalue weighted by Crippen LogP contribution is -2.33. The summed E-state index contributed by atoms with van der Waals surface area (Å²) in [5.41, 5.74) is 3.29. The number of ether oxygens (including phenoxy) is 2. The van der Waals surface area contributed by atoms with Gasteiger partial charge in [0, 0.05) is 0 Å². The number of hydrogen-bond acceptors (Lipinski definition) is 4. The second-order valence-electron chi connectivity index (χ2n) is 6.89. The molecule has 0 aromatic heterocycles. The first-order valence-electron chi connectivity index (χ1n) is 9.74. The van der Waals surface area contributed by atoms with E-state index in [0.717, 1.165) is 17.7 Å². The third-order valence-corrected chi connectivity index (χ3v) is 4.45. The van der Waals surface area contributed by atoms with Gasteiger partial charge >= 0.3 is 6.18 Å². The van der Waals surface area contributed by atoms with Crippen LogP contribution >= 0.6 is 0 Å².